The number of fused-ring (bicyclic) bond motifs is 3. The highest BCUT2D eigenvalue weighted by Crippen LogP contribution is 2.41. The molecule has 0 spiro atoms. The lowest BCUT2D eigenvalue weighted by atomic mass is 9.80. The number of halogens is 3. The van der Waals surface area contributed by atoms with Gasteiger partial charge in [0.05, 0.1) is 11.5 Å². The fourth-order valence-corrected chi connectivity index (χ4v) is 3.51. The summed E-state index contributed by atoms with van der Waals surface area (Å²) in [6, 6.07) is 3.59. The zero-order chi connectivity index (χ0) is 15.2. The molecule has 114 valence electrons. The summed E-state index contributed by atoms with van der Waals surface area (Å²) < 4.78 is 38.5. The van der Waals surface area contributed by atoms with Crippen molar-refractivity contribution in [2.75, 3.05) is 11.4 Å². The molecule has 2 aliphatic heterocycles. The Labute approximate surface area is 120 Å². The number of carboxylic acid groups (broad SMARTS) is 1. The Hall–Kier alpha value is -1.72. The lowest BCUT2D eigenvalue weighted by molar-refractivity contribution is -0.142. The van der Waals surface area contributed by atoms with Crippen LogP contribution in [0, 0.1) is 5.92 Å². The van der Waals surface area contributed by atoms with Gasteiger partial charge in [-0.05, 0) is 49.4 Å². The van der Waals surface area contributed by atoms with Crippen LogP contribution < -0.4 is 4.90 Å². The van der Waals surface area contributed by atoms with Gasteiger partial charge >= 0.3 is 12.1 Å². The molecule has 1 fully saturated rings. The van der Waals surface area contributed by atoms with Gasteiger partial charge in [-0.3, -0.25) is 4.79 Å². The first-order valence-corrected chi connectivity index (χ1v) is 7.07. The molecule has 1 aromatic rings. The van der Waals surface area contributed by atoms with Crippen LogP contribution >= 0.6 is 0 Å². The van der Waals surface area contributed by atoms with Crippen LogP contribution in [0.5, 0.6) is 0 Å². The van der Waals surface area contributed by atoms with E-state index >= 15 is 0 Å². The fraction of sp³-hybridized carbons (Fsp3) is 0.533. The molecule has 2 atom stereocenters. The smallest absolute Gasteiger partial charge is 0.416 e. The minimum Gasteiger partial charge on any atom is -0.481 e. The van der Waals surface area contributed by atoms with Gasteiger partial charge in [0.2, 0.25) is 0 Å². The van der Waals surface area contributed by atoms with E-state index < -0.39 is 23.6 Å². The van der Waals surface area contributed by atoms with Crippen LogP contribution in [0.3, 0.4) is 0 Å². The van der Waals surface area contributed by atoms with Gasteiger partial charge < -0.3 is 10.0 Å². The van der Waals surface area contributed by atoms with Crippen molar-refractivity contribution in [3.63, 3.8) is 0 Å². The SMILES string of the molecule is O=C(O)[C@H]1Cc2cc(C(F)(F)F)ccc2N2CCCC[C@@H]12. The summed E-state index contributed by atoms with van der Waals surface area (Å²) in [6.45, 7) is 0.715. The molecule has 3 nitrogen and oxygen atoms in total. The highest BCUT2D eigenvalue weighted by atomic mass is 19.4. The van der Waals surface area contributed by atoms with Gasteiger partial charge in [-0.15, -0.1) is 0 Å². The first-order chi connectivity index (χ1) is 9.88. The van der Waals surface area contributed by atoms with E-state index in [1.807, 2.05) is 4.90 Å². The predicted molar refractivity (Wildman–Crippen MR) is 71.3 cm³/mol. The topological polar surface area (TPSA) is 40.5 Å². The van der Waals surface area contributed by atoms with Crippen LogP contribution in [-0.4, -0.2) is 23.7 Å². The molecule has 2 heterocycles. The van der Waals surface area contributed by atoms with Gasteiger partial charge in [0.25, 0.3) is 0 Å². The second kappa shape index (κ2) is 4.93. The summed E-state index contributed by atoms with van der Waals surface area (Å²) in [5, 5.41) is 9.38. The van der Waals surface area contributed by atoms with Gasteiger partial charge in [0.1, 0.15) is 0 Å². The third-order valence-corrected chi connectivity index (χ3v) is 4.49. The van der Waals surface area contributed by atoms with E-state index in [1.54, 1.807) is 0 Å². The third kappa shape index (κ3) is 2.47. The highest BCUT2D eigenvalue weighted by molar-refractivity contribution is 5.75. The number of rotatable bonds is 1. The molecule has 0 aliphatic carbocycles. The fourth-order valence-electron chi connectivity index (χ4n) is 3.51. The van der Waals surface area contributed by atoms with Crippen LogP contribution in [0.15, 0.2) is 18.2 Å². The quantitative estimate of drug-likeness (QED) is 0.865. The second-order valence-corrected chi connectivity index (χ2v) is 5.75. The van der Waals surface area contributed by atoms with E-state index in [2.05, 4.69) is 0 Å². The van der Waals surface area contributed by atoms with Crippen molar-refractivity contribution >= 4 is 11.7 Å². The van der Waals surface area contributed by atoms with Gasteiger partial charge in [-0.25, -0.2) is 0 Å². The molecule has 0 unspecified atom stereocenters. The number of piperidine rings is 1. The van der Waals surface area contributed by atoms with Crippen molar-refractivity contribution in [3.8, 4) is 0 Å². The zero-order valence-electron chi connectivity index (χ0n) is 11.4. The van der Waals surface area contributed by atoms with Crippen molar-refractivity contribution < 1.29 is 23.1 Å². The number of anilines is 1. The highest BCUT2D eigenvalue weighted by Gasteiger charge is 2.40. The van der Waals surface area contributed by atoms with E-state index in [-0.39, 0.29) is 12.5 Å². The first kappa shape index (κ1) is 14.2. The lowest BCUT2D eigenvalue weighted by Crippen LogP contribution is -2.50. The molecular weight excluding hydrogens is 283 g/mol. The predicted octanol–water partition coefficient (Wildman–Crippen LogP) is 3.32. The van der Waals surface area contributed by atoms with Gasteiger partial charge in [-0.1, -0.05) is 0 Å². The minimum atomic E-state index is -4.40. The maximum Gasteiger partial charge on any atom is 0.416 e. The Morgan fingerprint density at radius 2 is 2.05 bits per heavy atom. The van der Waals surface area contributed by atoms with Crippen molar-refractivity contribution in [1.82, 2.24) is 0 Å². The molecule has 0 amide bonds. The Morgan fingerprint density at radius 3 is 2.71 bits per heavy atom. The lowest BCUT2D eigenvalue weighted by Gasteiger charge is -2.45. The number of nitrogens with zero attached hydrogens (tertiary/aromatic N) is 1. The Morgan fingerprint density at radius 1 is 1.29 bits per heavy atom. The zero-order valence-corrected chi connectivity index (χ0v) is 11.4. The maximum absolute atomic E-state index is 12.8. The van der Waals surface area contributed by atoms with Crippen molar-refractivity contribution in [2.24, 2.45) is 5.92 Å². The minimum absolute atomic E-state index is 0.0968. The molecule has 3 rings (SSSR count). The van der Waals surface area contributed by atoms with Crippen LogP contribution in [-0.2, 0) is 17.4 Å². The molecular formula is C15H16F3NO2. The first-order valence-electron chi connectivity index (χ1n) is 7.07. The van der Waals surface area contributed by atoms with Gasteiger partial charge in [0, 0.05) is 18.3 Å². The van der Waals surface area contributed by atoms with Crippen LogP contribution in [0.25, 0.3) is 0 Å². The normalized spacial score (nSPS) is 25.2. The number of carboxylic acids is 1. The Kier molecular flexibility index (Phi) is 3.34. The molecule has 6 heteroatoms. The number of alkyl halides is 3. The molecule has 21 heavy (non-hydrogen) atoms. The third-order valence-electron chi connectivity index (χ3n) is 4.49. The number of benzene rings is 1. The van der Waals surface area contributed by atoms with Crippen molar-refractivity contribution in [1.29, 1.82) is 0 Å². The van der Waals surface area contributed by atoms with Gasteiger partial charge in [0.15, 0.2) is 0 Å². The number of hydrogen-bond acceptors (Lipinski definition) is 2. The molecule has 1 saturated heterocycles. The Bertz CT molecular complexity index is 571. The molecule has 0 radical (unpaired) electrons. The van der Waals surface area contributed by atoms with Crippen molar-refractivity contribution in [3.05, 3.63) is 29.3 Å². The number of carbonyl (C=O) groups is 1. The Balaban J connectivity index is 2.04. The largest absolute Gasteiger partial charge is 0.481 e. The summed E-state index contributed by atoms with van der Waals surface area (Å²) in [5.74, 6) is -1.55. The standard InChI is InChI=1S/C15H16F3NO2/c16-15(17,18)10-4-5-12-9(7-10)8-11(14(20)21)13-3-1-2-6-19(12)13/h4-5,7,11,13H,1-3,6,8H2,(H,20,21)/t11-,13-/m0/s1. The summed E-state index contributed by atoms with van der Waals surface area (Å²) >= 11 is 0. The van der Waals surface area contributed by atoms with E-state index in [1.165, 1.54) is 6.07 Å². The number of aliphatic carboxylic acids is 1. The molecule has 2 aliphatic rings. The summed E-state index contributed by atoms with van der Waals surface area (Å²) in [4.78, 5) is 13.4. The van der Waals surface area contributed by atoms with Crippen molar-refractivity contribution in [2.45, 2.75) is 37.9 Å². The average Bonchev–Trinajstić information content (AvgIpc) is 2.44. The monoisotopic (exact) mass is 299 g/mol. The molecule has 0 bridgehead atoms. The van der Waals surface area contributed by atoms with E-state index in [0.717, 1.165) is 37.1 Å². The van der Waals surface area contributed by atoms with Crippen LogP contribution in [0.2, 0.25) is 0 Å². The summed E-state index contributed by atoms with van der Waals surface area (Å²) in [7, 11) is 0. The van der Waals surface area contributed by atoms with E-state index in [4.69, 9.17) is 0 Å². The van der Waals surface area contributed by atoms with Gasteiger partial charge in [-0.2, -0.15) is 13.2 Å². The molecule has 0 aromatic heterocycles. The maximum atomic E-state index is 12.8. The van der Waals surface area contributed by atoms with E-state index in [0.29, 0.717) is 12.1 Å². The molecule has 1 N–H and O–H groups in total. The average molecular weight is 299 g/mol. The van der Waals surface area contributed by atoms with Crippen LogP contribution in [0.4, 0.5) is 18.9 Å². The van der Waals surface area contributed by atoms with Crippen LogP contribution in [0.1, 0.15) is 30.4 Å². The summed E-state index contributed by atoms with van der Waals surface area (Å²) in [6.07, 6.45) is -1.51. The molecule has 0 saturated carbocycles. The van der Waals surface area contributed by atoms with E-state index in [9.17, 15) is 23.1 Å². The molecule has 1 aromatic carbocycles. The summed E-state index contributed by atoms with van der Waals surface area (Å²) in [5.41, 5.74) is 0.557. The second-order valence-electron chi connectivity index (χ2n) is 5.75. The number of hydrogen-bond donors (Lipinski definition) is 1.